The number of hydrogen-bond acceptors (Lipinski definition) is 5. The lowest BCUT2D eigenvalue weighted by Gasteiger charge is -2.20. The van der Waals surface area contributed by atoms with Gasteiger partial charge in [-0.3, -0.25) is 4.79 Å². The molecule has 0 aliphatic carbocycles. The van der Waals surface area contributed by atoms with Crippen LogP contribution < -0.4 is 11.1 Å². The number of carboxylic acids is 1. The average Bonchev–Trinajstić information content (AvgIpc) is 3.17. The van der Waals surface area contributed by atoms with Gasteiger partial charge in [-0.2, -0.15) is 5.10 Å². The first-order valence-corrected chi connectivity index (χ1v) is 10.7. The van der Waals surface area contributed by atoms with Crippen LogP contribution >= 0.6 is 0 Å². The number of hydrogen-bond donors (Lipinski definition) is 3. The molecule has 4 N–H and O–H groups in total. The predicted octanol–water partition coefficient (Wildman–Crippen LogP) is 3.42. The highest BCUT2D eigenvalue weighted by Gasteiger charge is 2.28. The molecule has 1 unspecified atom stereocenters. The lowest BCUT2D eigenvalue weighted by molar-refractivity contribution is 0.0687. The highest BCUT2D eigenvalue weighted by atomic mass is 19.1. The average molecular weight is 452 g/mol. The predicted molar refractivity (Wildman–Crippen MR) is 120 cm³/mol. The number of nitrogens with zero attached hydrogens (tertiary/aromatic N) is 2. The SMILES string of the molecule is Cc1ccc(F)cc1C(=O)NCc1ccc(-n2nc(C3CCCOC3)c(N)c2C(=O)O)cc1. The number of amides is 1. The number of halogens is 1. The number of nitrogens with one attached hydrogen (secondary N) is 1. The molecule has 1 amide bonds. The van der Waals surface area contributed by atoms with Crippen LogP contribution in [-0.4, -0.2) is 40.0 Å². The van der Waals surface area contributed by atoms with Gasteiger partial charge in [0, 0.05) is 24.6 Å². The van der Waals surface area contributed by atoms with Gasteiger partial charge in [-0.1, -0.05) is 18.2 Å². The van der Waals surface area contributed by atoms with Gasteiger partial charge >= 0.3 is 5.97 Å². The summed E-state index contributed by atoms with van der Waals surface area (Å²) in [6.45, 7) is 3.11. The van der Waals surface area contributed by atoms with Crippen molar-refractivity contribution in [3.63, 3.8) is 0 Å². The van der Waals surface area contributed by atoms with Crippen LogP contribution in [0.4, 0.5) is 10.1 Å². The third kappa shape index (κ3) is 4.73. The number of carbonyl (C=O) groups excluding carboxylic acids is 1. The Morgan fingerprint density at radius 3 is 2.70 bits per heavy atom. The fourth-order valence-corrected chi connectivity index (χ4v) is 3.97. The van der Waals surface area contributed by atoms with Gasteiger partial charge in [-0.05, 0) is 55.2 Å². The molecule has 1 aliphatic heterocycles. The number of benzene rings is 2. The number of aromatic carboxylic acids is 1. The van der Waals surface area contributed by atoms with Crippen LogP contribution in [0.25, 0.3) is 5.69 Å². The highest BCUT2D eigenvalue weighted by molar-refractivity contribution is 5.95. The minimum Gasteiger partial charge on any atom is -0.476 e. The number of carbonyl (C=O) groups is 2. The van der Waals surface area contributed by atoms with E-state index in [-0.39, 0.29) is 35.3 Å². The van der Waals surface area contributed by atoms with Crippen molar-refractivity contribution in [3.8, 4) is 5.69 Å². The smallest absolute Gasteiger partial charge is 0.356 e. The van der Waals surface area contributed by atoms with Crippen molar-refractivity contribution in [2.75, 3.05) is 18.9 Å². The van der Waals surface area contributed by atoms with Gasteiger partial charge in [0.25, 0.3) is 5.91 Å². The fraction of sp³-hybridized carbons (Fsp3) is 0.292. The van der Waals surface area contributed by atoms with E-state index in [1.807, 2.05) is 0 Å². The summed E-state index contributed by atoms with van der Waals surface area (Å²) < 4.78 is 20.3. The van der Waals surface area contributed by atoms with Gasteiger partial charge in [0.1, 0.15) is 5.82 Å². The van der Waals surface area contributed by atoms with Crippen molar-refractivity contribution in [1.82, 2.24) is 15.1 Å². The molecule has 8 nitrogen and oxygen atoms in total. The number of ether oxygens (including phenoxy) is 1. The molecule has 4 rings (SSSR count). The number of anilines is 1. The monoisotopic (exact) mass is 452 g/mol. The van der Waals surface area contributed by atoms with Crippen molar-refractivity contribution < 1.29 is 23.8 Å². The number of aryl methyl sites for hydroxylation is 1. The van der Waals surface area contributed by atoms with Crippen LogP contribution in [0.3, 0.4) is 0 Å². The number of rotatable bonds is 6. The summed E-state index contributed by atoms with van der Waals surface area (Å²) in [6.07, 6.45) is 1.71. The Hall–Kier alpha value is -3.72. The number of nitrogens with two attached hydrogens (primary N) is 1. The lowest BCUT2D eigenvalue weighted by Crippen LogP contribution is -2.23. The number of aromatic nitrogens is 2. The molecule has 9 heteroatoms. The van der Waals surface area contributed by atoms with Crippen LogP contribution in [0.2, 0.25) is 0 Å². The molecule has 172 valence electrons. The van der Waals surface area contributed by atoms with Gasteiger partial charge in [0.2, 0.25) is 0 Å². The Bertz CT molecular complexity index is 1180. The first-order chi connectivity index (χ1) is 15.8. The summed E-state index contributed by atoms with van der Waals surface area (Å²) in [7, 11) is 0. The second-order valence-electron chi connectivity index (χ2n) is 8.09. The largest absolute Gasteiger partial charge is 0.476 e. The van der Waals surface area contributed by atoms with Crippen LogP contribution in [-0.2, 0) is 11.3 Å². The molecule has 1 aromatic heterocycles. The van der Waals surface area contributed by atoms with Crippen molar-refractivity contribution in [3.05, 3.63) is 76.4 Å². The molecule has 2 aromatic carbocycles. The summed E-state index contributed by atoms with van der Waals surface area (Å²) in [5.41, 5.74) is 9.07. The fourth-order valence-electron chi connectivity index (χ4n) is 3.97. The molecular weight excluding hydrogens is 427 g/mol. The summed E-state index contributed by atoms with van der Waals surface area (Å²) in [4.78, 5) is 24.3. The third-order valence-corrected chi connectivity index (χ3v) is 5.78. The Morgan fingerprint density at radius 1 is 1.27 bits per heavy atom. The first kappa shape index (κ1) is 22.5. The van der Waals surface area contributed by atoms with E-state index < -0.39 is 11.8 Å². The van der Waals surface area contributed by atoms with E-state index >= 15 is 0 Å². The van der Waals surface area contributed by atoms with E-state index in [9.17, 15) is 19.1 Å². The topological polar surface area (TPSA) is 119 Å². The van der Waals surface area contributed by atoms with Gasteiger partial charge in [0.05, 0.1) is 23.7 Å². The van der Waals surface area contributed by atoms with Crippen molar-refractivity contribution in [2.45, 2.75) is 32.2 Å². The second kappa shape index (κ2) is 9.41. The van der Waals surface area contributed by atoms with Gasteiger partial charge in [0.15, 0.2) is 5.69 Å². The van der Waals surface area contributed by atoms with Crippen molar-refractivity contribution in [2.24, 2.45) is 0 Å². The van der Waals surface area contributed by atoms with Gasteiger partial charge in [-0.25, -0.2) is 13.9 Å². The van der Waals surface area contributed by atoms with Crippen molar-refractivity contribution >= 4 is 17.6 Å². The second-order valence-corrected chi connectivity index (χ2v) is 8.09. The Balaban J connectivity index is 1.52. The standard InChI is InChI=1S/C24H25FN4O4/c1-14-4-7-17(25)11-19(14)23(30)27-12-15-5-8-18(9-6-15)29-22(24(31)32)20(26)21(28-29)16-3-2-10-33-13-16/h4-9,11,16H,2-3,10,12-13,26H2,1H3,(H,27,30)(H,31,32). The molecule has 1 atom stereocenters. The zero-order valence-electron chi connectivity index (χ0n) is 18.2. The molecule has 0 radical (unpaired) electrons. The maximum absolute atomic E-state index is 13.5. The van der Waals surface area contributed by atoms with Crippen molar-refractivity contribution in [1.29, 1.82) is 0 Å². The Labute approximate surface area is 190 Å². The van der Waals surface area contributed by atoms with E-state index in [1.165, 1.54) is 16.8 Å². The van der Waals surface area contributed by atoms with Crippen LogP contribution in [0, 0.1) is 12.7 Å². The normalized spacial score (nSPS) is 15.9. The molecule has 1 saturated heterocycles. The summed E-state index contributed by atoms with van der Waals surface area (Å²) in [5.74, 6) is -2.05. The van der Waals surface area contributed by atoms with E-state index in [0.717, 1.165) is 18.4 Å². The molecule has 1 aliphatic rings. The quantitative estimate of drug-likeness (QED) is 0.527. The van der Waals surface area contributed by atoms with E-state index in [2.05, 4.69) is 10.4 Å². The lowest BCUT2D eigenvalue weighted by atomic mass is 9.97. The Morgan fingerprint density at radius 2 is 2.03 bits per heavy atom. The maximum Gasteiger partial charge on any atom is 0.356 e. The van der Waals surface area contributed by atoms with E-state index in [0.29, 0.717) is 30.2 Å². The number of carboxylic acid groups (broad SMARTS) is 1. The summed E-state index contributed by atoms with van der Waals surface area (Å²) >= 11 is 0. The zero-order valence-corrected chi connectivity index (χ0v) is 18.2. The first-order valence-electron chi connectivity index (χ1n) is 10.7. The number of nitrogen functional groups attached to an aromatic ring is 1. The zero-order chi connectivity index (χ0) is 23.5. The highest BCUT2D eigenvalue weighted by Crippen LogP contribution is 2.32. The minimum atomic E-state index is -1.16. The molecular formula is C24H25FN4O4. The van der Waals surface area contributed by atoms with Crippen LogP contribution in [0.15, 0.2) is 42.5 Å². The van der Waals surface area contributed by atoms with Gasteiger partial charge in [-0.15, -0.1) is 0 Å². The maximum atomic E-state index is 13.5. The van der Waals surface area contributed by atoms with E-state index in [1.54, 1.807) is 37.3 Å². The molecule has 0 bridgehead atoms. The molecule has 33 heavy (non-hydrogen) atoms. The molecule has 2 heterocycles. The summed E-state index contributed by atoms with van der Waals surface area (Å²) in [6, 6.07) is 11.0. The minimum absolute atomic E-state index is 0.0427. The Kier molecular flexibility index (Phi) is 6.41. The molecule has 0 saturated carbocycles. The summed E-state index contributed by atoms with van der Waals surface area (Å²) in [5, 5.41) is 17.0. The van der Waals surface area contributed by atoms with Crippen LogP contribution in [0.1, 0.15) is 56.4 Å². The molecule has 0 spiro atoms. The van der Waals surface area contributed by atoms with Gasteiger partial charge < -0.3 is 20.9 Å². The molecule has 3 aromatic rings. The third-order valence-electron chi connectivity index (χ3n) is 5.78. The van der Waals surface area contributed by atoms with E-state index in [4.69, 9.17) is 10.5 Å². The van der Waals surface area contributed by atoms with Crippen LogP contribution in [0.5, 0.6) is 0 Å². The molecule has 1 fully saturated rings.